The molecule has 0 bridgehead atoms. The fourth-order valence-electron chi connectivity index (χ4n) is 8.91. The van der Waals surface area contributed by atoms with Crippen molar-refractivity contribution in [3.8, 4) is 0 Å². The number of aliphatic hydroxyl groups excluding tert-OH is 2. The van der Waals surface area contributed by atoms with E-state index >= 15 is 0 Å². The molecule has 454 valence electrons. The van der Waals surface area contributed by atoms with Crippen molar-refractivity contribution in [2.75, 3.05) is 37.8 Å². The number of carbonyl (C=O) groups excluding carboxylic acids is 3. The van der Waals surface area contributed by atoms with Crippen molar-refractivity contribution < 1.29 is 80.5 Å². The van der Waals surface area contributed by atoms with Gasteiger partial charge in [-0.25, -0.2) is 28.6 Å². The highest BCUT2D eigenvalue weighted by Crippen LogP contribution is 2.61. The van der Waals surface area contributed by atoms with Gasteiger partial charge < -0.3 is 50.9 Å². The van der Waals surface area contributed by atoms with Crippen LogP contribution in [0.15, 0.2) is 24.8 Å². The predicted molar refractivity (Wildman–Crippen MR) is 302 cm³/mol. The number of thioether (sulfide) groups is 1. The van der Waals surface area contributed by atoms with Crippen LogP contribution < -0.4 is 16.4 Å². The van der Waals surface area contributed by atoms with E-state index in [1.54, 1.807) is 6.08 Å². The molecule has 2 unspecified atom stereocenters. The van der Waals surface area contributed by atoms with Gasteiger partial charge in [0.25, 0.3) is 0 Å². The first-order chi connectivity index (χ1) is 37.6. The molecule has 1 aliphatic rings. The Morgan fingerprint density at radius 1 is 0.772 bits per heavy atom. The van der Waals surface area contributed by atoms with Crippen molar-refractivity contribution in [3.05, 3.63) is 24.8 Å². The fraction of sp³-hybridized carbons (Fsp3) is 0.804. The van der Waals surface area contributed by atoms with Gasteiger partial charge in [-0.15, -0.1) is 0 Å². The van der Waals surface area contributed by atoms with Crippen LogP contribution in [-0.4, -0.2) is 123 Å². The summed E-state index contributed by atoms with van der Waals surface area (Å²) < 4.78 is 62.6. The number of hydrogen-bond acceptors (Lipinski definition) is 18. The van der Waals surface area contributed by atoms with E-state index in [0.29, 0.717) is 5.75 Å². The van der Waals surface area contributed by atoms with E-state index in [1.807, 2.05) is 6.08 Å². The maximum Gasteiger partial charge on any atom is 0.481 e. The van der Waals surface area contributed by atoms with Crippen molar-refractivity contribution in [2.45, 2.75) is 225 Å². The van der Waals surface area contributed by atoms with E-state index in [2.05, 4.69) is 41.3 Å². The highest BCUT2D eigenvalue weighted by Gasteiger charge is 2.50. The molecule has 0 aliphatic carbocycles. The number of fused-ring (bicyclic) bond motifs is 1. The number of phosphoric acid groups is 3. The number of imidazole rings is 1. The number of amides is 2. The molecule has 7 atom stereocenters. The molecular weight excluding hydrogens is 1110 g/mol. The molecule has 0 saturated carbocycles. The van der Waals surface area contributed by atoms with Crippen LogP contribution in [0.3, 0.4) is 0 Å². The Hall–Kier alpha value is -2.70. The Balaban J connectivity index is 1.17. The number of nitrogens with one attached hydrogen (secondary N) is 2. The number of allylic oxidation sites excluding steroid dienone is 1. The Kier molecular flexibility index (Phi) is 34.1. The quantitative estimate of drug-likeness (QED) is 0.0169. The number of anilines is 1. The Labute approximate surface area is 470 Å². The average molecular weight is 1200 g/mol. The number of phosphoric ester groups is 3. The normalized spacial score (nSPS) is 18.9. The number of hydrogen-bond donors (Lipinski definition) is 9. The molecule has 3 rings (SSSR count). The molecule has 2 aromatic heterocycles. The summed E-state index contributed by atoms with van der Waals surface area (Å²) in [6.07, 6.45) is 31.2. The summed E-state index contributed by atoms with van der Waals surface area (Å²) in [5.74, 6) is -1.09. The molecule has 1 saturated heterocycles. The highest BCUT2D eigenvalue weighted by molar-refractivity contribution is 8.14. The Bertz CT molecular complexity index is 2260. The van der Waals surface area contributed by atoms with Gasteiger partial charge in [0, 0.05) is 30.7 Å². The lowest BCUT2D eigenvalue weighted by atomic mass is 9.87. The molecule has 0 aromatic carbocycles. The van der Waals surface area contributed by atoms with Gasteiger partial charge in [0.15, 0.2) is 17.7 Å². The molecule has 0 spiro atoms. The minimum absolute atomic E-state index is 0.0335. The summed E-state index contributed by atoms with van der Waals surface area (Å²) in [6, 6.07) is 0. The molecular formula is C51H92N7O17P3S. The van der Waals surface area contributed by atoms with E-state index in [9.17, 15) is 57.9 Å². The first-order valence-corrected chi connectivity index (χ1v) is 33.8. The lowest BCUT2D eigenvalue weighted by molar-refractivity contribution is -0.137. The smallest absolute Gasteiger partial charge is 0.386 e. The molecule has 79 heavy (non-hydrogen) atoms. The lowest BCUT2D eigenvalue weighted by Gasteiger charge is -2.30. The summed E-state index contributed by atoms with van der Waals surface area (Å²) in [6.45, 7) is 2.81. The summed E-state index contributed by atoms with van der Waals surface area (Å²) in [5, 5.41) is 26.6. The van der Waals surface area contributed by atoms with Crippen LogP contribution in [0.25, 0.3) is 11.2 Å². The number of aliphatic hydroxyl groups is 2. The van der Waals surface area contributed by atoms with E-state index < -0.39 is 84.6 Å². The van der Waals surface area contributed by atoms with Gasteiger partial charge in [0.2, 0.25) is 16.9 Å². The summed E-state index contributed by atoms with van der Waals surface area (Å²) >= 11 is 1.08. The Morgan fingerprint density at radius 3 is 1.82 bits per heavy atom. The fourth-order valence-corrected chi connectivity index (χ4v) is 12.3. The number of unbranched alkanes of at least 4 members (excludes halogenated alkanes) is 25. The monoisotopic (exact) mass is 1200 g/mol. The number of ether oxygens (including phenoxy) is 1. The maximum absolute atomic E-state index is 12.8. The number of nitrogens with zero attached hydrogens (tertiary/aromatic N) is 4. The van der Waals surface area contributed by atoms with E-state index in [1.165, 1.54) is 162 Å². The molecule has 2 aromatic rings. The number of nitrogens with two attached hydrogens (primary N) is 1. The molecule has 0 radical (unpaired) electrons. The summed E-state index contributed by atoms with van der Waals surface area (Å²) in [4.78, 5) is 88.6. The third-order valence-electron chi connectivity index (χ3n) is 13.5. The van der Waals surface area contributed by atoms with Crippen LogP contribution in [0.5, 0.6) is 0 Å². The Morgan fingerprint density at radius 2 is 1.29 bits per heavy atom. The highest BCUT2D eigenvalue weighted by atomic mass is 32.2. The number of carbonyl (C=O) groups is 3. The second kappa shape index (κ2) is 38.2. The predicted octanol–water partition coefficient (Wildman–Crippen LogP) is 9.38. The largest absolute Gasteiger partial charge is 0.481 e. The first-order valence-electron chi connectivity index (χ1n) is 28.3. The van der Waals surface area contributed by atoms with Gasteiger partial charge in [0.1, 0.15) is 36.3 Å². The van der Waals surface area contributed by atoms with Crippen molar-refractivity contribution >= 4 is 69.1 Å². The van der Waals surface area contributed by atoms with Crippen LogP contribution in [0.1, 0.15) is 200 Å². The number of nitrogen functional groups attached to an aromatic ring is 1. The van der Waals surface area contributed by atoms with E-state index in [-0.39, 0.29) is 41.6 Å². The van der Waals surface area contributed by atoms with Gasteiger partial charge in [-0.2, -0.15) is 4.31 Å². The van der Waals surface area contributed by atoms with Gasteiger partial charge in [-0.3, -0.25) is 32.5 Å². The van der Waals surface area contributed by atoms with Gasteiger partial charge >= 0.3 is 23.5 Å². The molecule has 1 fully saturated rings. The zero-order valence-corrected chi connectivity index (χ0v) is 50.1. The minimum Gasteiger partial charge on any atom is -0.386 e. The third-order valence-corrected chi connectivity index (χ3v) is 17.4. The van der Waals surface area contributed by atoms with Gasteiger partial charge in [0.05, 0.1) is 19.5 Å². The van der Waals surface area contributed by atoms with Crippen LogP contribution in [-0.2, 0) is 50.7 Å². The second-order valence-electron chi connectivity index (χ2n) is 20.9. The van der Waals surface area contributed by atoms with Gasteiger partial charge in [-0.1, -0.05) is 193 Å². The van der Waals surface area contributed by atoms with Crippen LogP contribution in [0, 0.1) is 5.41 Å². The third kappa shape index (κ3) is 29.9. The van der Waals surface area contributed by atoms with Gasteiger partial charge in [-0.05, 0) is 18.9 Å². The topological polar surface area (TPSA) is 364 Å². The van der Waals surface area contributed by atoms with Crippen molar-refractivity contribution in [1.82, 2.24) is 30.2 Å². The van der Waals surface area contributed by atoms with Crippen molar-refractivity contribution in [1.29, 1.82) is 0 Å². The molecule has 10 N–H and O–H groups in total. The minimum atomic E-state index is -5.58. The molecule has 2 amide bonds. The lowest BCUT2D eigenvalue weighted by Crippen LogP contribution is -2.46. The first kappa shape index (κ1) is 70.6. The number of aromatic nitrogens is 4. The number of rotatable bonds is 46. The molecule has 28 heteroatoms. The SMILES string of the molecule is CCCCCCCCCCCCCCCCCCCCCCCCCCC/C=C/C(=O)SCCNC(=O)CCNC(=O)[C@H](O)C(C)(C)COP(=O)(O)OP(=O)(O)OC[C@H]1O[C@@H](n2cnc3c(N)ncnc32)[C@H](O)[C@@H]1OP(=O)(O)O. The molecule has 3 heterocycles. The second-order valence-corrected chi connectivity index (χ2v) is 26.2. The van der Waals surface area contributed by atoms with Crippen LogP contribution in [0.4, 0.5) is 5.82 Å². The summed E-state index contributed by atoms with van der Waals surface area (Å²) in [7, 11) is -16.4. The standard InChI is InChI=1S/C51H92N7O17P3S/c1-4-5-6-7-8-9-10-11-12-13-14-15-16-17-18-19-20-21-22-23-24-25-26-27-28-29-30-31-42(60)79-35-34-53-41(59)32-33-54-49(63)46(62)51(2,3)37-72-78(69,70)75-77(67,68)71-36-40-45(74-76(64,65)66)44(61)50(73-40)58-39-57-43-47(52)55-38-56-48(43)58/h30-31,38-40,44-46,50,61-62H,4-29,32-37H2,1-3H3,(H,53,59)(H,54,63)(H,67,68)(H,69,70)(H2,52,55,56)(H2,64,65,66)/b31-30+/t40-,44-,45-,46+,50-/m1/s1. The van der Waals surface area contributed by atoms with E-state index in [0.717, 1.165) is 48.2 Å². The molecule has 24 nitrogen and oxygen atoms in total. The van der Waals surface area contributed by atoms with Crippen molar-refractivity contribution in [2.24, 2.45) is 5.41 Å². The molecule has 1 aliphatic heterocycles. The maximum atomic E-state index is 12.8. The average Bonchev–Trinajstić information content (AvgIpc) is 4.12. The van der Waals surface area contributed by atoms with Crippen molar-refractivity contribution in [3.63, 3.8) is 0 Å². The van der Waals surface area contributed by atoms with Crippen LogP contribution in [0.2, 0.25) is 0 Å². The zero-order chi connectivity index (χ0) is 58.2. The summed E-state index contributed by atoms with van der Waals surface area (Å²) in [5.41, 5.74) is 4.29. The van der Waals surface area contributed by atoms with Crippen LogP contribution >= 0.6 is 35.2 Å². The zero-order valence-electron chi connectivity index (χ0n) is 46.6. The van der Waals surface area contributed by atoms with E-state index in [4.69, 9.17) is 19.5 Å².